The van der Waals surface area contributed by atoms with Crippen LogP contribution in [0.3, 0.4) is 0 Å². The molecule has 0 spiro atoms. The average Bonchev–Trinajstić information content (AvgIpc) is 2.95. The molecule has 41 heavy (non-hydrogen) atoms. The lowest BCUT2D eigenvalue weighted by atomic mass is 10.0. The number of halogens is 5. The van der Waals surface area contributed by atoms with Gasteiger partial charge in [-0.25, -0.2) is 0 Å². The summed E-state index contributed by atoms with van der Waals surface area (Å²) >= 11 is 32.2. The Morgan fingerprint density at radius 2 is 1.15 bits per heavy atom. The highest BCUT2D eigenvalue weighted by atomic mass is 35.5. The minimum Gasteiger partial charge on any atom is -0.466 e. The van der Waals surface area contributed by atoms with E-state index in [0.29, 0.717) is 13.0 Å². The molecule has 0 heterocycles. The molecule has 5 atom stereocenters. The maximum atomic E-state index is 12.0. The molecule has 0 aliphatic rings. The van der Waals surface area contributed by atoms with Crippen molar-refractivity contribution in [1.82, 2.24) is 0 Å². The molecule has 0 N–H and O–H groups in total. The number of rotatable bonds is 30. The van der Waals surface area contributed by atoms with E-state index in [2.05, 4.69) is 13.8 Å². The van der Waals surface area contributed by atoms with Gasteiger partial charge in [0, 0.05) is 22.6 Å². The monoisotopic (exact) mass is 676 g/mol. The third kappa shape index (κ3) is 29.1. The lowest BCUT2D eigenvalue weighted by Crippen LogP contribution is -2.15. The Hall–Kier alpha value is 0.660. The summed E-state index contributed by atoms with van der Waals surface area (Å²) in [5, 5.41) is -0.306. The number of allylic oxidation sites excluding steroid dienone is 2. The molecular weight excluding hydrogens is 618 g/mol. The first-order valence-electron chi connectivity index (χ1n) is 16.8. The molecule has 0 rings (SSSR count). The number of carbonyl (C=O) groups is 1. The lowest BCUT2D eigenvalue weighted by molar-refractivity contribution is -0.143. The summed E-state index contributed by atoms with van der Waals surface area (Å²) in [4.78, 5) is 12.0. The fourth-order valence-corrected chi connectivity index (χ4v) is 6.39. The van der Waals surface area contributed by atoms with Gasteiger partial charge in [0.2, 0.25) is 0 Å². The number of alkyl halides is 5. The van der Waals surface area contributed by atoms with E-state index < -0.39 is 0 Å². The highest BCUT2D eigenvalue weighted by Gasteiger charge is 2.17. The molecule has 244 valence electrons. The Morgan fingerprint density at radius 1 is 0.610 bits per heavy atom. The maximum Gasteiger partial charge on any atom is 0.305 e. The first-order valence-corrected chi connectivity index (χ1v) is 19.0. The molecule has 0 amide bonds. The van der Waals surface area contributed by atoms with Crippen molar-refractivity contribution >= 4 is 64.0 Å². The molecule has 0 saturated heterocycles. The SMILES string of the molecule is CCCCCCCCCCCCCCCC(=O)OCCCC(Cl)CCC(Cl)C(Cl)/C=C\CC(Cl)CC(Cl)CCCC. The summed E-state index contributed by atoms with van der Waals surface area (Å²) in [5.41, 5.74) is 0. The summed E-state index contributed by atoms with van der Waals surface area (Å²) in [5.74, 6) is -0.0847. The Kier molecular flexibility index (Phi) is 31.2. The lowest BCUT2D eigenvalue weighted by Gasteiger charge is -2.16. The normalized spacial score (nSPS) is 15.6. The first kappa shape index (κ1) is 41.7. The molecule has 0 radical (unpaired) electrons. The average molecular weight is 679 g/mol. The molecule has 0 saturated carbocycles. The zero-order chi connectivity index (χ0) is 30.6. The molecule has 0 fully saturated rings. The van der Waals surface area contributed by atoms with E-state index in [9.17, 15) is 4.79 Å². The summed E-state index contributed by atoms with van der Waals surface area (Å²) < 4.78 is 5.40. The molecular formula is C34H61Cl5O2. The third-order valence-corrected chi connectivity index (χ3v) is 9.86. The van der Waals surface area contributed by atoms with Gasteiger partial charge in [0.25, 0.3) is 0 Å². The molecule has 0 aromatic carbocycles. The van der Waals surface area contributed by atoms with E-state index in [1.54, 1.807) is 0 Å². The second kappa shape index (κ2) is 30.7. The van der Waals surface area contributed by atoms with Crippen LogP contribution < -0.4 is 0 Å². The Labute approximate surface area is 279 Å². The van der Waals surface area contributed by atoms with Crippen LogP contribution in [-0.2, 0) is 9.53 Å². The van der Waals surface area contributed by atoms with Crippen LogP contribution in [-0.4, -0.2) is 39.5 Å². The van der Waals surface area contributed by atoms with E-state index >= 15 is 0 Å². The maximum absolute atomic E-state index is 12.0. The molecule has 0 aliphatic heterocycles. The van der Waals surface area contributed by atoms with E-state index in [-0.39, 0.29) is 32.9 Å². The number of ether oxygens (including phenoxy) is 1. The van der Waals surface area contributed by atoms with Gasteiger partial charge in [0.1, 0.15) is 0 Å². The number of carbonyl (C=O) groups excluding carboxylic acids is 1. The van der Waals surface area contributed by atoms with Crippen LogP contribution in [0.25, 0.3) is 0 Å². The van der Waals surface area contributed by atoms with Crippen molar-refractivity contribution in [3.63, 3.8) is 0 Å². The predicted octanol–water partition coefficient (Wildman–Crippen LogP) is 13.1. The van der Waals surface area contributed by atoms with E-state index in [1.807, 2.05) is 12.2 Å². The smallest absolute Gasteiger partial charge is 0.305 e. The summed E-state index contributed by atoms with van der Waals surface area (Å²) in [7, 11) is 0. The van der Waals surface area contributed by atoms with Crippen molar-refractivity contribution in [1.29, 1.82) is 0 Å². The zero-order valence-electron chi connectivity index (χ0n) is 26.2. The van der Waals surface area contributed by atoms with Crippen LogP contribution in [0.1, 0.15) is 162 Å². The summed E-state index contributed by atoms with van der Waals surface area (Å²) in [6.45, 7) is 4.87. The fourth-order valence-electron chi connectivity index (χ4n) is 4.89. The third-order valence-electron chi connectivity index (χ3n) is 7.60. The Bertz CT molecular complexity index is 604. The highest BCUT2D eigenvalue weighted by molar-refractivity contribution is 6.30. The van der Waals surface area contributed by atoms with Crippen LogP contribution >= 0.6 is 58.0 Å². The summed E-state index contributed by atoms with van der Waals surface area (Å²) in [6, 6.07) is 0. The largest absolute Gasteiger partial charge is 0.466 e. The Morgan fingerprint density at radius 3 is 1.73 bits per heavy atom. The van der Waals surface area contributed by atoms with Gasteiger partial charge in [0.05, 0.1) is 17.4 Å². The van der Waals surface area contributed by atoms with E-state index in [1.165, 1.54) is 70.6 Å². The number of hydrogen-bond acceptors (Lipinski definition) is 2. The first-order chi connectivity index (χ1) is 19.8. The van der Waals surface area contributed by atoms with Crippen molar-refractivity contribution in [3.05, 3.63) is 12.2 Å². The van der Waals surface area contributed by atoms with Crippen LogP contribution in [0.15, 0.2) is 12.2 Å². The van der Waals surface area contributed by atoms with Crippen molar-refractivity contribution in [2.45, 2.75) is 188 Å². The van der Waals surface area contributed by atoms with Crippen molar-refractivity contribution < 1.29 is 9.53 Å². The van der Waals surface area contributed by atoms with Gasteiger partial charge in [0.15, 0.2) is 0 Å². The standard InChI is InChI=1S/C34H61Cl5O2/c1-3-5-7-8-9-10-11-12-13-14-15-16-17-24-34(40)41-27-19-22-29(35)25-26-33(39)32(38)23-18-21-31(37)28-30(36)20-6-4-2/h18,23,29-33H,3-17,19-22,24-28H2,1-2H3/b23-18-. The van der Waals surface area contributed by atoms with Crippen molar-refractivity contribution in [2.24, 2.45) is 0 Å². The van der Waals surface area contributed by atoms with E-state index in [0.717, 1.165) is 70.6 Å². The van der Waals surface area contributed by atoms with Gasteiger partial charge in [-0.2, -0.15) is 0 Å². The second-order valence-corrected chi connectivity index (χ2v) is 14.6. The predicted molar refractivity (Wildman–Crippen MR) is 186 cm³/mol. The Balaban J connectivity index is 3.67. The van der Waals surface area contributed by atoms with Gasteiger partial charge >= 0.3 is 5.97 Å². The van der Waals surface area contributed by atoms with Crippen molar-refractivity contribution in [2.75, 3.05) is 6.61 Å². The summed E-state index contributed by atoms with van der Waals surface area (Å²) in [6.07, 6.45) is 29.3. The molecule has 2 nitrogen and oxygen atoms in total. The highest BCUT2D eigenvalue weighted by Crippen LogP contribution is 2.23. The van der Waals surface area contributed by atoms with Gasteiger partial charge in [-0.1, -0.05) is 116 Å². The minimum atomic E-state index is -0.262. The van der Waals surface area contributed by atoms with Gasteiger partial charge in [-0.15, -0.1) is 58.0 Å². The molecule has 0 aromatic heterocycles. The molecule has 0 aromatic rings. The van der Waals surface area contributed by atoms with Crippen LogP contribution in [0.5, 0.6) is 0 Å². The van der Waals surface area contributed by atoms with Gasteiger partial charge < -0.3 is 4.74 Å². The molecule has 0 bridgehead atoms. The molecule has 0 aliphatic carbocycles. The van der Waals surface area contributed by atoms with E-state index in [4.69, 9.17) is 62.7 Å². The van der Waals surface area contributed by atoms with Gasteiger partial charge in [-0.05, 0) is 51.4 Å². The topological polar surface area (TPSA) is 26.3 Å². The second-order valence-electron chi connectivity index (χ2n) is 11.7. The quantitative estimate of drug-likeness (QED) is 0.0327. The van der Waals surface area contributed by atoms with Crippen molar-refractivity contribution in [3.8, 4) is 0 Å². The molecule has 7 heteroatoms. The number of unbranched alkanes of at least 4 members (excludes halogenated alkanes) is 13. The van der Waals surface area contributed by atoms with Gasteiger partial charge in [-0.3, -0.25) is 4.79 Å². The molecule has 5 unspecified atom stereocenters. The fraction of sp³-hybridized carbons (Fsp3) is 0.912. The van der Waals surface area contributed by atoms with Crippen LogP contribution in [0.2, 0.25) is 0 Å². The number of hydrogen-bond donors (Lipinski definition) is 0. The minimum absolute atomic E-state index is 0.000136. The van der Waals surface area contributed by atoms with Crippen LogP contribution in [0, 0.1) is 0 Å². The zero-order valence-corrected chi connectivity index (χ0v) is 30.0. The van der Waals surface area contributed by atoms with Crippen LogP contribution in [0.4, 0.5) is 0 Å². The number of esters is 1.